The third-order valence-electron chi connectivity index (χ3n) is 2.17. The minimum atomic E-state index is 0.117. The van der Waals surface area contributed by atoms with E-state index >= 15 is 0 Å². The Bertz CT molecular complexity index is 305. The van der Waals surface area contributed by atoms with Crippen LogP contribution in [0, 0.1) is 0 Å². The second-order valence-electron chi connectivity index (χ2n) is 3.58. The number of hydrogen-bond donors (Lipinski definition) is 1. The SMILES string of the molecule is CCOCC(C)OCc1ccnc(NC)c1. The van der Waals surface area contributed by atoms with Crippen molar-refractivity contribution in [1.29, 1.82) is 0 Å². The number of anilines is 1. The topological polar surface area (TPSA) is 43.4 Å². The van der Waals surface area contributed by atoms with Crippen molar-refractivity contribution < 1.29 is 9.47 Å². The van der Waals surface area contributed by atoms with Crippen LogP contribution in [-0.2, 0) is 16.1 Å². The first-order chi connectivity index (χ1) is 7.76. The normalized spacial score (nSPS) is 12.4. The fourth-order valence-electron chi connectivity index (χ4n) is 1.27. The Morgan fingerprint density at radius 1 is 1.50 bits per heavy atom. The maximum Gasteiger partial charge on any atom is 0.125 e. The van der Waals surface area contributed by atoms with Crippen LogP contribution in [-0.4, -0.2) is 31.3 Å². The summed E-state index contributed by atoms with van der Waals surface area (Å²) in [6.45, 7) is 5.95. The van der Waals surface area contributed by atoms with E-state index in [1.807, 2.05) is 33.0 Å². The highest BCUT2D eigenvalue weighted by atomic mass is 16.5. The molecule has 0 saturated heterocycles. The molecule has 1 unspecified atom stereocenters. The van der Waals surface area contributed by atoms with E-state index in [1.165, 1.54) is 0 Å². The summed E-state index contributed by atoms with van der Waals surface area (Å²) in [4.78, 5) is 4.14. The number of aromatic nitrogens is 1. The molecule has 0 aliphatic carbocycles. The van der Waals surface area contributed by atoms with Gasteiger partial charge in [0, 0.05) is 19.9 Å². The van der Waals surface area contributed by atoms with Gasteiger partial charge in [0.2, 0.25) is 0 Å². The fourth-order valence-corrected chi connectivity index (χ4v) is 1.27. The summed E-state index contributed by atoms with van der Waals surface area (Å²) in [5.74, 6) is 0.860. The summed E-state index contributed by atoms with van der Waals surface area (Å²) < 4.78 is 10.9. The van der Waals surface area contributed by atoms with Gasteiger partial charge in [0.25, 0.3) is 0 Å². The molecule has 0 saturated carbocycles. The lowest BCUT2D eigenvalue weighted by atomic mass is 10.3. The van der Waals surface area contributed by atoms with Crippen LogP contribution in [0.3, 0.4) is 0 Å². The molecule has 0 aliphatic heterocycles. The van der Waals surface area contributed by atoms with E-state index in [0.717, 1.165) is 18.0 Å². The Balaban J connectivity index is 2.35. The fraction of sp³-hybridized carbons (Fsp3) is 0.583. The zero-order valence-corrected chi connectivity index (χ0v) is 10.2. The average Bonchev–Trinajstić information content (AvgIpc) is 2.34. The summed E-state index contributed by atoms with van der Waals surface area (Å²) in [6, 6.07) is 3.93. The van der Waals surface area contributed by atoms with E-state index in [1.54, 1.807) is 6.20 Å². The van der Waals surface area contributed by atoms with Gasteiger partial charge in [-0.2, -0.15) is 0 Å². The van der Waals surface area contributed by atoms with E-state index in [9.17, 15) is 0 Å². The smallest absolute Gasteiger partial charge is 0.125 e. The molecular weight excluding hydrogens is 204 g/mol. The Hall–Kier alpha value is -1.13. The number of nitrogens with one attached hydrogen (secondary N) is 1. The molecule has 16 heavy (non-hydrogen) atoms. The predicted molar refractivity (Wildman–Crippen MR) is 64.5 cm³/mol. The summed E-state index contributed by atoms with van der Waals surface area (Å²) >= 11 is 0. The van der Waals surface area contributed by atoms with Crippen LogP contribution in [0.25, 0.3) is 0 Å². The third kappa shape index (κ3) is 4.59. The molecule has 1 N–H and O–H groups in total. The van der Waals surface area contributed by atoms with Gasteiger partial charge >= 0.3 is 0 Å². The number of pyridine rings is 1. The second-order valence-corrected chi connectivity index (χ2v) is 3.58. The minimum absolute atomic E-state index is 0.117. The Labute approximate surface area is 97.0 Å². The van der Waals surface area contributed by atoms with Crippen molar-refractivity contribution in [2.75, 3.05) is 25.6 Å². The minimum Gasteiger partial charge on any atom is -0.379 e. The van der Waals surface area contributed by atoms with Gasteiger partial charge in [0.15, 0.2) is 0 Å². The number of rotatable bonds is 7. The van der Waals surface area contributed by atoms with Crippen LogP contribution in [0.1, 0.15) is 19.4 Å². The molecule has 1 heterocycles. The molecule has 0 spiro atoms. The first-order valence-electron chi connectivity index (χ1n) is 5.58. The largest absolute Gasteiger partial charge is 0.379 e. The lowest BCUT2D eigenvalue weighted by Gasteiger charge is -2.13. The van der Waals surface area contributed by atoms with Crippen LogP contribution in [0.2, 0.25) is 0 Å². The number of hydrogen-bond acceptors (Lipinski definition) is 4. The quantitative estimate of drug-likeness (QED) is 0.770. The molecule has 0 bridgehead atoms. The van der Waals surface area contributed by atoms with E-state index in [4.69, 9.17) is 9.47 Å². The molecule has 1 atom stereocenters. The lowest BCUT2D eigenvalue weighted by molar-refractivity contribution is -0.0116. The van der Waals surface area contributed by atoms with Gasteiger partial charge in [-0.15, -0.1) is 0 Å². The van der Waals surface area contributed by atoms with E-state index in [-0.39, 0.29) is 6.10 Å². The molecule has 1 rings (SSSR count). The second kappa shape index (κ2) is 7.19. The van der Waals surface area contributed by atoms with Gasteiger partial charge in [-0.05, 0) is 31.5 Å². The molecule has 0 fully saturated rings. The van der Waals surface area contributed by atoms with Gasteiger partial charge in [-0.25, -0.2) is 4.98 Å². The number of nitrogens with zero attached hydrogens (tertiary/aromatic N) is 1. The molecule has 0 radical (unpaired) electrons. The molecule has 0 aliphatic rings. The van der Waals surface area contributed by atoms with E-state index in [0.29, 0.717) is 13.2 Å². The zero-order valence-electron chi connectivity index (χ0n) is 10.2. The van der Waals surface area contributed by atoms with Crippen molar-refractivity contribution >= 4 is 5.82 Å². The molecule has 1 aromatic rings. The predicted octanol–water partition coefficient (Wildman–Crippen LogP) is 2.06. The van der Waals surface area contributed by atoms with Gasteiger partial charge < -0.3 is 14.8 Å². The van der Waals surface area contributed by atoms with Gasteiger partial charge in [-0.1, -0.05) is 0 Å². The zero-order chi connectivity index (χ0) is 11.8. The lowest BCUT2D eigenvalue weighted by Crippen LogP contribution is -2.15. The summed E-state index contributed by atoms with van der Waals surface area (Å²) in [5.41, 5.74) is 1.11. The summed E-state index contributed by atoms with van der Waals surface area (Å²) in [7, 11) is 1.85. The van der Waals surface area contributed by atoms with Crippen molar-refractivity contribution in [2.24, 2.45) is 0 Å². The molecule has 1 aromatic heterocycles. The Morgan fingerprint density at radius 3 is 3.00 bits per heavy atom. The van der Waals surface area contributed by atoms with Crippen molar-refractivity contribution in [3.8, 4) is 0 Å². The van der Waals surface area contributed by atoms with Crippen molar-refractivity contribution in [3.63, 3.8) is 0 Å². The van der Waals surface area contributed by atoms with Crippen molar-refractivity contribution in [3.05, 3.63) is 23.9 Å². The molecule has 4 nitrogen and oxygen atoms in total. The van der Waals surface area contributed by atoms with Crippen molar-refractivity contribution in [1.82, 2.24) is 4.98 Å². The van der Waals surface area contributed by atoms with E-state index in [2.05, 4.69) is 10.3 Å². The Morgan fingerprint density at radius 2 is 2.31 bits per heavy atom. The van der Waals surface area contributed by atoms with Crippen LogP contribution < -0.4 is 5.32 Å². The summed E-state index contributed by atoms with van der Waals surface area (Å²) in [5, 5.41) is 3.00. The molecule has 0 aromatic carbocycles. The maximum absolute atomic E-state index is 5.65. The first kappa shape index (κ1) is 12.9. The highest BCUT2D eigenvalue weighted by Crippen LogP contribution is 2.08. The summed E-state index contributed by atoms with van der Waals surface area (Å²) in [6.07, 6.45) is 1.89. The molecule has 0 amide bonds. The van der Waals surface area contributed by atoms with Gasteiger partial charge in [0.05, 0.1) is 19.3 Å². The van der Waals surface area contributed by atoms with Gasteiger partial charge in [0.1, 0.15) is 5.82 Å². The van der Waals surface area contributed by atoms with Gasteiger partial charge in [-0.3, -0.25) is 0 Å². The van der Waals surface area contributed by atoms with Crippen LogP contribution in [0.15, 0.2) is 18.3 Å². The molecule has 4 heteroatoms. The van der Waals surface area contributed by atoms with E-state index < -0.39 is 0 Å². The third-order valence-corrected chi connectivity index (χ3v) is 2.17. The first-order valence-corrected chi connectivity index (χ1v) is 5.58. The average molecular weight is 224 g/mol. The van der Waals surface area contributed by atoms with Crippen LogP contribution in [0.4, 0.5) is 5.82 Å². The highest BCUT2D eigenvalue weighted by molar-refractivity contribution is 5.36. The van der Waals surface area contributed by atoms with Crippen molar-refractivity contribution in [2.45, 2.75) is 26.6 Å². The highest BCUT2D eigenvalue weighted by Gasteiger charge is 2.03. The maximum atomic E-state index is 5.65. The Kier molecular flexibility index (Phi) is 5.82. The monoisotopic (exact) mass is 224 g/mol. The standard InChI is InChI=1S/C12H20N2O2/c1-4-15-8-10(2)16-9-11-5-6-14-12(7-11)13-3/h5-7,10H,4,8-9H2,1-3H3,(H,13,14). The molecular formula is C12H20N2O2. The van der Waals surface area contributed by atoms with Crippen LogP contribution >= 0.6 is 0 Å². The van der Waals surface area contributed by atoms with Crippen LogP contribution in [0.5, 0.6) is 0 Å². The number of ether oxygens (including phenoxy) is 2. The molecule has 90 valence electrons.